The molecular weight excluding hydrogens is 444 g/mol. The standard InChI is InChI=1S/C23H20N4O3S2/c1-27(19-12-6-3-7-13-19)32(29,30)20-14-8-11-18(16-20)22(28)24-23-26-25-21(31-23)15-17-9-4-2-5-10-17/h2-14,16H,15H2,1H3,(H,24,26,28). The van der Waals surface area contributed by atoms with E-state index in [4.69, 9.17) is 0 Å². The molecule has 1 amide bonds. The number of aromatic nitrogens is 2. The van der Waals surface area contributed by atoms with Crippen LogP contribution in [0.4, 0.5) is 10.8 Å². The highest BCUT2D eigenvalue weighted by atomic mass is 32.2. The number of hydrogen-bond donors (Lipinski definition) is 1. The zero-order valence-corrected chi connectivity index (χ0v) is 18.8. The first-order chi connectivity index (χ1) is 15.4. The van der Waals surface area contributed by atoms with Crippen LogP contribution < -0.4 is 9.62 Å². The van der Waals surface area contributed by atoms with E-state index in [0.717, 1.165) is 10.6 Å². The molecule has 0 saturated heterocycles. The molecule has 0 bridgehead atoms. The summed E-state index contributed by atoms with van der Waals surface area (Å²) in [6, 6.07) is 24.5. The molecule has 0 radical (unpaired) electrons. The molecule has 162 valence electrons. The van der Waals surface area contributed by atoms with Crippen LogP contribution in [0.5, 0.6) is 0 Å². The molecule has 9 heteroatoms. The Kier molecular flexibility index (Phi) is 6.29. The van der Waals surface area contributed by atoms with Crippen LogP contribution in [0, 0.1) is 0 Å². The number of nitrogens with zero attached hydrogens (tertiary/aromatic N) is 3. The number of benzene rings is 3. The monoisotopic (exact) mass is 464 g/mol. The topological polar surface area (TPSA) is 92.3 Å². The highest BCUT2D eigenvalue weighted by Gasteiger charge is 2.22. The van der Waals surface area contributed by atoms with Gasteiger partial charge in [-0.1, -0.05) is 65.9 Å². The second-order valence-electron chi connectivity index (χ2n) is 6.95. The van der Waals surface area contributed by atoms with Crippen molar-refractivity contribution in [3.05, 3.63) is 101 Å². The number of sulfonamides is 1. The summed E-state index contributed by atoms with van der Waals surface area (Å²) in [4.78, 5) is 12.7. The van der Waals surface area contributed by atoms with Gasteiger partial charge in [0.15, 0.2) is 0 Å². The fourth-order valence-electron chi connectivity index (χ4n) is 3.05. The number of carbonyl (C=O) groups excluding carboxylic acids is 1. The van der Waals surface area contributed by atoms with Crippen molar-refractivity contribution in [2.75, 3.05) is 16.7 Å². The van der Waals surface area contributed by atoms with Crippen molar-refractivity contribution >= 4 is 38.1 Å². The Labute approximate surface area is 190 Å². The number of amides is 1. The Balaban J connectivity index is 1.49. The lowest BCUT2D eigenvalue weighted by Crippen LogP contribution is -2.26. The molecule has 0 saturated carbocycles. The summed E-state index contributed by atoms with van der Waals surface area (Å²) in [5, 5.41) is 12.0. The Morgan fingerprint density at radius 1 is 0.938 bits per heavy atom. The molecule has 32 heavy (non-hydrogen) atoms. The molecule has 1 N–H and O–H groups in total. The third-order valence-electron chi connectivity index (χ3n) is 4.76. The van der Waals surface area contributed by atoms with Gasteiger partial charge in [0.25, 0.3) is 15.9 Å². The maximum absolute atomic E-state index is 13.0. The molecule has 0 unspecified atom stereocenters. The number of carbonyl (C=O) groups is 1. The van der Waals surface area contributed by atoms with Gasteiger partial charge in [0.1, 0.15) is 5.01 Å². The van der Waals surface area contributed by atoms with Gasteiger partial charge >= 0.3 is 0 Å². The molecule has 3 aromatic carbocycles. The van der Waals surface area contributed by atoms with E-state index in [1.165, 1.54) is 34.8 Å². The molecule has 7 nitrogen and oxygen atoms in total. The van der Waals surface area contributed by atoms with Crippen molar-refractivity contribution < 1.29 is 13.2 Å². The fraction of sp³-hybridized carbons (Fsp3) is 0.0870. The lowest BCUT2D eigenvalue weighted by molar-refractivity contribution is 0.102. The summed E-state index contributed by atoms with van der Waals surface area (Å²) in [6.07, 6.45) is 0.619. The minimum absolute atomic E-state index is 0.0264. The van der Waals surface area contributed by atoms with E-state index in [1.54, 1.807) is 36.4 Å². The smallest absolute Gasteiger partial charge is 0.264 e. The lowest BCUT2D eigenvalue weighted by Gasteiger charge is -2.19. The molecule has 0 fully saturated rings. The van der Waals surface area contributed by atoms with Gasteiger partial charge in [-0.25, -0.2) is 8.42 Å². The predicted octanol–water partition coefficient (Wildman–Crippen LogP) is 4.21. The van der Waals surface area contributed by atoms with Crippen LogP contribution in [0.2, 0.25) is 0 Å². The van der Waals surface area contributed by atoms with Crippen molar-refractivity contribution in [3.8, 4) is 0 Å². The molecule has 4 aromatic rings. The SMILES string of the molecule is CN(c1ccccc1)S(=O)(=O)c1cccc(C(=O)Nc2nnc(Cc3ccccc3)s2)c1. The largest absolute Gasteiger partial charge is 0.296 e. The zero-order chi connectivity index (χ0) is 22.6. The summed E-state index contributed by atoms with van der Waals surface area (Å²) in [7, 11) is -2.34. The molecule has 0 spiro atoms. The van der Waals surface area contributed by atoms with Crippen molar-refractivity contribution in [3.63, 3.8) is 0 Å². The lowest BCUT2D eigenvalue weighted by atomic mass is 10.2. The third kappa shape index (κ3) is 4.84. The maximum atomic E-state index is 13.0. The minimum atomic E-state index is -3.82. The number of para-hydroxylation sites is 1. The molecule has 0 aliphatic heterocycles. The van der Waals surface area contributed by atoms with Gasteiger partial charge in [-0.3, -0.25) is 14.4 Å². The van der Waals surface area contributed by atoms with Crippen LogP contribution in [0.1, 0.15) is 20.9 Å². The highest BCUT2D eigenvalue weighted by molar-refractivity contribution is 7.92. The number of hydrogen-bond acceptors (Lipinski definition) is 6. The third-order valence-corrected chi connectivity index (χ3v) is 7.38. The first kappa shape index (κ1) is 21.7. The molecule has 1 heterocycles. The normalized spacial score (nSPS) is 11.2. The van der Waals surface area contributed by atoms with Crippen molar-refractivity contribution in [2.45, 2.75) is 11.3 Å². The van der Waals surface area contributed by atoms with Gasteiger partial charge in [-0.15, -0.1) is 10.2 Å². The van der Waals surface area contributed by atoms with Crippen LogP contribution in [-0.4, -0.2) is 31.6 Å². The number of nitrogens with one attached hydrogen (secondary N) is 1. The van der Waals surface area contributed by atoms with Gasteiger partial charge in [0, 0.05) is 19.0 Å². The summed E-state index contributed by atoms with van der Waals surface area (Å²) in [5.74, 6) is -0.452. The summed E-state index contributed by atoms with van der Waals surface area (Å²) < 4.78 is 27.2. The van der Waals surface area contributed by atoms with Crippen LogP contribution in [0.25, 0.3) is 0 Å². The van der Waals surface area contributed by atoms with Crippen LogP contribution in [0.15, 0.2) is 89.8 Å². The van der Waals surface area contributed by atoms with Gasteiger partial charge in [0.05, 0.1) is 10.6 Å². The van der Waals surface area contributed by atoms with Crippen LogP contribution in [-0.2, 0) is 16.4 Å². The van der Waals surface area contributed by atoms with E-state index in [1.807, 2.05) is 36.4 Å². The van der Waals surface area contributed by atoms with Gasteiger partial charge in [-0.2, -0.15) is 0 Å². The zero-order valence-electron chi connectivity index (χ0n) is 17.2. The molecule has 0 atom stereocenters. The number of anilines is 2. The Bertz CT molecular complexity index is 1320. The van der Waals surface area contributed by atoms with Crippen molar-refractivity contribution in [1.29, 1.82) is 0 Å². The van der Waals surface area contributed by atoms with E-state index in [0.29, 0.717) is 17.2 Å². The minimum Gasteiger partial charge on any atom is -0.296 e. The van der Waals surface area contributed by atoms with E-state index in [9.17, 15) is 13.2 Å². The predicted molar refractivity (Wildman–Crippen MR) is 126 cm³/mol. The second kappa shape index (κ2) is 9.29. The van der Waals surface area contributed by atoms with Crippen molar-refractivity contribution in [2.24, 2.45) is 0 Å². The second-order valence-corrected chi connectivity index (χ2v) is 9.98. The average molecular weight is 465 g/mol. The Morgan fingerprint density at radius 2 is 1.62 bits per heavy atom. The molecule has 0 aliphatic rings. The van der Waals surface area contributed by atoms with Gasteiger partial charge < -0.3 is 0 Å². The first-order valence-corrected chi connectivity index (χ1v) is 12.0. The molecular formula is C23H20N4O3S2. The molecule has 0 aliphatic carbocycles. The van der Waals surface area contributed by atoms with E-state index in [-0.39, 0.29) is 10.5 Å². The van der Waals surface area contributed by atoms with E-state index >= 15 is 0 Å². The van der Waals surface area contributed by atoms with E-state index < -0.39 is 15.9 Å². The van der Waals surface area contributed by atoms with Crippen molar-refractivity contribution in [1.82, 2.24) is 10.2 Å². The van der Waals surface area contributed by atoms with Gasteiger partial charge in [0.2, 0.25) is 5.13 Å². The quantitative estimate of drug-likeness (QED) is 0.442. The summed E-state index contributed by atoms with van der Waals surface area (Å²) in [6.45, 7) is 0. The first-order valence-electron chi connectivity index (χ1n) is 9.75. The average Bonchev–Trinajstić information content (AvgIpc) is 3.26. The van der Waals surface area contributed by atoms with E-state index in [2.05, 4.69) is 15.5 Å². The fourth-order valence-corrected chi connectivity index (χ4v) is 5.06. The molecule has 4 rings (SSSR count). The highest BCUT2D eigenvalue weighted by Crippen LogP contribution is 2.23. The van der Waals surface area contributed by atoms with Gasteiger partial charge in [-0.05, 0) is 35.9 Å². The number of rotatable bonds is 7. The summed E-state index contributed by atoms with van der Waals surface area (Å²) >= 11 is 1.28. The molecule has 1 aromatic heterocycles. The van der Waals surface area contributed by atoms with Crippen LogP contribution in [0.3, 0.4) is 0 Å². The Hall–Kier alpha value is -3.56. The maximum Gasteiger partial charge on any atom is 0.264 e. The summed E-state index contributed by atoms with van der Waals surface area (Å²) in [5.41, 5.74) is 1.84. The van der Waals surface area contributed by atoms with Crippen LogP contribution >= 0.6 is 11.3 Å². The Morgan fingerprint density at radius 3 is 2.34 bits per heavy atom.